The summed E-state index contributed by atoms with van der Waals surface area (Å²) in [5.74, 6) is 3.67. The molecule has 0 amide bonds. The van der Waals surface area contributed by atoms with Crippen molar-refractivity contribution < 1.29 is 4.74 Å². The number of fused-ring (bicyclic) bond motifs is 7. The summed E-state index contributed by atoms with van der Waals surface area (Å²) in [4.78, 5) is 19.9. The average molecular weight is 703 g/mol. The number of hydrogen-bond acceptors (Lipinski definition) is 7. The Hall–Kier alpha value is -6.28. The number of benzene rings is 7. The number of ether oxygens (including phenoxy) is 1. The minimum absolute atomic E-state index is 0.652. The zero-order chi connectivity index (χ0) is 34.2. The molecule has 244 valence electrons. The van der Waals surface area contributed by atoms with Gasteiger partial charge in [-0.1, -0.05) is 115 Å². The predicted molar refractivity (Wildman–Crippen MR) is 213 cm³/mol. The molecule has 11 rings (SSSR count). The van der Waals surface area contributed by atoms with Crippen molar-refractivity contribution in [3.8, 4) is 56.8 Å². The van der Waals surface area contributed by atoms with Crippen LogP contribution in [0.2, 0.25) is 0 Å². The van der Waals surface area contributed by atoms with Crippen LogP contribution in [-0.2, 0) is 0 Å². The normalized spacial score (nSPS) is 12.7. The van der Waals surface area contributed by atoms with Gasteiger partial charge in [0.25, 0.3) is 0 Å². The summed E-state index contributed by atoms with van der Waals surface area (Å²) >= 11 is 3.59. The van der Waals surface area contributed by atoms with E-state index >= 15 is 0 Å². The second-order valence-electron chi connectivity index (χ2n) is 12.8. The Morgan fingerprint density at radius 2 is 1.15 bits per heavy atom. The maximum absolute atomic E-state index is 6.64. The summed E-state index contributed by atoms with van der Waals surface area (Å²) in [6, 6.07) is 54.9. The van der Waals surface area contributed by atoms with Crippen molar-refractivity contribution >= 4 is 60.3 Å². The number of anilines is 3. The first-order chi connectivity index (χ1) is 25.7. The van der Waals surface area contributed by atoms with Crippen LogP contribution in [0.15, 0.2) is 168 Å². The zero-order valence-corrected chi connectivity index (χ0v) is 29.2. The lowest BCUT2D eigenvalue weighted by Gasteiger charge is -2.38. The number of aromatic nitrogens is 3. The molecule has 0 saturated carbocycles. The summed E-state index contributed by atoms with van der Waals surface area (Å²) in [6.07, 6.45) is 0. The van der Waals surface area contributed by atoms with E-state index < -0.39 is 0 Å². The van der Waals surface area contributed by atoms with Crippen LogP contribution in [0, 0.1) is 0 Å². The fraction of sp³-hybridized carbons (Fsp3) is 0. The van der Waals surface area contributed by atoms with Gasteiger partial charge in [0.1, 0.15) is 5.69 Å². The summed E-state index contributed by atoms with van der Waals surface area (Å²) in [6.45, 7) is 0. The molecule has 0 aliphatic carbocycles. The van der Waals surface area contributed by atoms with E-state index in [0.29, 0.717) is 17.5 Å². The van der Waals surface area contributed by atoms with E-state index in [9.17, 15) is 0 Å². The monoisotopic (exact) mass is 702 g/mol. The molecule has 4 heterocycles. The van der Waals surface area contributed by atoms with Crippen LogP contribution in [0.1, 0.15) is 0 Å². The Morgan fingerprint density at radius 1 is 0.462 bits per heavy atom. The van der Waals surface area contributed by atoms with Crippen molar-refractivity contribution in [3.05, 3.63) is 158 Å². The third-order valence-electron chi connectivity index (χ3n) is 9.68. The highest BCUT2D eigenvalue weighted by molar-refractivity contribution is 7.99. The maximum atomic E-state index is 6.64. The van der Waals surface area contributed by atoms with E-state index in [4.69, 9.17) is 19.7 Å². The van der Waals surface area contributed by atoms with Gasteiger partial charge in [0.05, 0.1) is 11.4 Å². The van der Waals surface area contributed by atoms with Gasteiger partial charge >= 0.3 is 0 Å². The standard InChI is InChI=1S/C45H26N4OS2/c1-3-12-27(13-4-1)43-46-44(28-14-5-2-6-15-28)48-45(47-43)31-16-11-21-39-41(31)32-24-29(22-23-37(32)51-39)30-25-36-42-40(26-30)52-38-20-10-8-18-34(38)49(42)33-17-7-9-19-35(33)50-36/h1-26H. The molecule has 0 atom stereocenters. The molecule has 5 nitrogen and oxygen atoms in total. The van der Waals surface area contributed by atoms with Gasteiger partial charge in [-0.25, -0.2) is 15.0 Å². The molecule has 52 heavy (non-hydrogen) atoms. The minimum Gasteiger partial charge on any atom is -0.453 e. The molecule has 2 aliphatic rings. The Labute approximate surface area is 307 Å². The van der Waals surface area contributed by atoms with Crippen LogP contribution in [0.5, 0.6) is 11.5 Å². The third-order valence-corrected chi connectivity index (χ3v) is 11.9. The predicted octanol–water partition coefficient (Wildman–Crippen LogP) is 12.9. The van der Waals surface area contributed by atoms with Crippen molar-refractivity contribution in [3.63, 3.8) is 0 Å². The Morgan fingerprint density at radius 3 is 1.94 bits per heavy atom. The summed E-state index contributed by atoms with van der Waals surface area (Å²) < 4.78 is 9.05. The van der Waals surface area contributed by atoms with E-state index in [2.05, 4.69) is 89.8 Å². The summed E-state index contributed by atoms with van der Waals surface area (Å²) in [5.41, 5.74) is 8.44. The van der Waals surface area contributed by atoms with Crippen molar-refractivity contribution in [2.24, 2.45) is 0 Å². The second-order valence-corrected chi connectivity index (χ2v) is 15.0. The van der Waals surface area contributed by atoms with Gasteiger partial charge in [-0.3, -0.25) is 0 Å². The largest absolute Gasteiger partial charge is 0.453 e. The highest BCUT2D eigenvalue weighted by Crippen LogP contribution is 2.60. The third kappa shape index (κ3) is 4.67. The molecule has 7 heteroatoms. The van der Waals surface area contributed by atoms with E-state index in [0.717, 1.165) is 56.1 Å². The first-order valence-corrected chi connectivity index (χ1v) is 18.7. The van der Waals surface area contributed by atoms with E-state index in [-0.39, 0.29) is 0 Å². The van der Waals surface area contributed by atoms with E-state index in [1.54, 1.807) is 23.1 Å². The van der Waals surface area contributed by atoms with E-state index in [1.165, 1.54) is 30.3 Å². The number of para-hydroxylation sites is 3. The smallest absolute Gasteiger partial charge is 0.164 e. The van der Waals surface area contributed by atoms with Crippen LogP contribution in [0.25, 0.3) is 65.5 Å². The Bertz CT molecular complexity index is 2740. The Balaban J connectivity index is 1.09. The summed E-state index contributed by atoms with van der Waals surface area (Å²) in [7, 11) is 0. The molecule has 0 saturated heterocycles. The number of hydrogen-bond donors (Lipinski definition) is 0. The lowest BCUT2D eigenvalue weighted by atomic mass is 9.99. The SMILES string of the molecule is c1ccc(-c2nc(-c3ccccc3)nc(-c3cccc4sc5ccc(-c6cc7c8c(c6)Sc6ccccc6N8c6ccccc6O7)cc5c34)n2)cc1. The van der Waals surface area contributed by atoms with Crippen molar-refractivity contribution in [2.75, 3.05) is 4.90 Å². The molecule has 2 aliphatic heterocycles. The van der Waals surface area contributed by atoms with Crippen molar-refractivity contribution in [1.82, 2.24) is 15.0 Å². The van der Waals surface area contributed by atoms with Gasteiger partial charge in [-0.05, 0) is 65.7 Å². The van der Waals surface area contributed by atoms with Crippen LogP contribution < -0.4 is 9.64 Å². The van der Waals surface area contributed by atoms with Crippen LogP contribution >= 0.6 is 23.1 Å². The molecular formula is C45H26N4OS2. The molecule has 0 N–H and O–H groups in total. The van der Waals surface area contributed by atoms with Gasteiger partial charge in [0.15, 0.2) is 29.0 Å². The first-order valence-electron chi connectivity index (χ1n) is 17.1. The number of rotatable bonds is 4. The molecule has 0 radical (unpaired) electrons. The number of nitrogens with zero attached hydrogens (tertiary/aromatic N) is 4. The van der Waals surface area contributed by atoms with Crippen molar-refractivity contribution in [1.29, 1.82) is 0 Å². The minimum atomic E-state index is 0.652. The van der Waals surface area contributed by atoms with E-state index in [1.807, 2.05) is 72.8 Å². The van der Waals surface area contributed by atoms with Gasteiger partial charge in [0, 0.05) is 46.7 Å². The molecular weight excluding hydrogens is 677 g/mol. The van der Waals surface area contributed by atoms with Gasteiger partial charge < -0.3 is 9.64 Å². The topological polar surface area (TPSA) is 51.1 Å². The van der Waals surface area contributed by atoms with Crippen molar-refractivity contribution in [2.45, 2.75) is 9.79 Å². The lowest BCUT2D eigenvalue weighted by molar-refractivity contribution is 0.475. The lowest BCUT2D eigenvalue weighted by Crippen LogP contribution is -2.19. The fourth-order valence-electron chi connectivity index (χ4n) is 7.31. The molecule has 0 fully saturated rings. The molecule has 2 aromatic heterocycles. The number of thiophene rings is 1. The van der Waals surface area contributed by atoms with Gasteiger partial charge in [0.2, 0.25) is 0 Å². The fourth-order valence-corrected chi connectivity index (χ4v) is 9.55. The van der Waals surface area contributed by atoms with Crippen LogP contribution in [0.4, 0.5) is 17.1 Å². The molecule has 0 bridgehead atoms. The summed E-state index contributed by atoms with van der Waals surface area (Å²) in [5, 5.41) is 2.32. The quantitative estimate of drug-likeness (QED) is 0.182. The average Bonchev–Trinajstić information content (AvgIpc) is 3.59. The molecule has 0 unspecified atom stereocenters. The molecule has 9 aromatic rings. The molecule has 7 aromatic carbocycles. The molecule has 0 spiro atoms. The first kappa shape index (κ1) is 29.5. The van der Waals surface area contributed by atoms with Gasteiger partial charge in [-0.2, -0.15) is 0 Å². The Kier molecular flexibility index (Phi) is 6.59. The highest BCUT2D eigenvalue weighted by atomic mass is 32.2. The maximum Gasteiger partial charge on any atom is 0.164 e. The van der Waals surface area contributed by atoms with Gasteiger partial charge in [-0.15, -0.1) is 11.3 Å². The highest BCUT2D eigenvalue weighted by Gasteiger charge is 2.34. The second kappa shape index (κ2) is 11.6. The zero-order valence-electron chi connectivity index (χ0n) is 27.5. The van der Waals surface area contributed by atoms with Crippen LogP contribution in [-0.4, -0.2) is 15.0 Å². The van der Waals surface area contributed by atoms with Crippen LogP contribution in [0.3, 0.4) is 0 Å².